The number of ether oxygens (including phenoxy) is 1. The monoisotopic (exact) mass is 389 g/mol. The summed E-state index contributed by atoms with van der Waals surface area (Å²) in [5.74, 6) is 1.63. The zero-order valence-electron chi connectivity index (χ0n) is 16.6. The Morgan fingerprint density at radius 3 is 2.48 bits per heavy atom. The third-order valence-electron chi connectivity index (χ3n) is 5.16. The van der Waals surface area contributed by atoms with Gasteiger partial charge in [-0.1, -0.05) is 0 Å². The Labute approximate surface area is 169 Å². The molecule has 1 N–H and O–H groups in total. The van der Waals surface area contributed by atoms with Crippen LogP contribution in [0.4, 0.5) is 0 Å². The van der Waals surface area contributed by atoms with Crippen molar-refractivity contribution in [2.75, 3.05) is 13.7 Å². The van der Waals surface area contributed by atoms with E-state index in [2.05, 4.69) is 9.97 Å². The van der Waals surface area contributed by atoms with Gasteiger partial charge in [-0.15, -0.1) is 0 Å². The zero-order valence-corrected chi connectivity index (χ0v) is 16.6. The lowest BCUT2D eigenvalue weighted by atomic mass is 10.0. The largest absolute Gasteiger partial charge is 0.508 e. The number of hydrogen-bond donors (Lipinski definition) is 1. The minimum Gasteiger partial charge on any atom is -0.508 e. The van der Waals surface area contributed by atoms with Gasteiger partial charge in [0.2, 0.25) is 0 Å². The van der Waals surface area contributed by atoms with Gasteiger partial charge in [-0.05, 0) is 68.3 Å². The molecule has 1 amide bonds. The first-order chi connectivity index (χ1) is 14.0. The van der Waals surface area contributed by atoms with Crippen molar-refractivity contribution in [1.82, 2.24) is 14.9 Å². The molecule has 6 heteroatoms. The lowest BCUT2D eigenvalue weighted by Gasteiger charge is -2.22. The number of rotatable bonds is 3. The zero-order chi connectivity index (χ0) is 20.4. The van der Waals surface area contributed by atoms with Gasteiger partial charge in [0.05, 0.1) is 12.8 Å². The number of phenolic OH excluding ortho intramolecular Hbond substituents is 1. The second-order valence-corrected chi connectivity index (χ2v) is 7.15. The van der Waals surface area contributed by atoms with Crippen LogP contribution in [-0.2, 0) is 13.0 Å². The fourth-order valence-electron chi connectivity index (χ4n) is 3.68. The number of methoxy groups -OCH3 is 1. The number of phenols is 1. The van der Waals surface area contributed by atoms with Crippen molar-refractivity contribution in [1.29, 1.82) is 0 Å². The fraction of sp³-hybridized carbons (Fsp3) is 0.261. The van der Waals surface area contributed by atoms with Gasteiger partial charge in [-0.25, -0.2) is 9.97 Å². The summed E-state index contributed by atoms with van der Waals surface area (Å²) in [4.78, 5) is 24.3. The summed E-state index contributed by atoms with van der Waals surface area (Å²) in [7, 11) is 1.61. The highest BCUT2D eigenvalue weighted by Gasteiger charge is 2.24. The fourth-order valence-corrected chi connectivity index (χ4v) is 3.68. The van der Waals surface area contributed by atoms with Gasteiger partial charge in [0.1, 0.15) is 17.3 Å². The van der Waals surface area contributed by atoms with Crippen LogP contribution in [0.3, 0.4) is 0 Å². The van der Waals surface area contributed by atoms with Crippen LogP contribution < -0.4 is 4.74 Å². The topological polar surface area (TPSA) is 75.5 Å². The molecule has 1 aliphatic heterocycles. The molecule has 0 saturated heterocycles. The first-order valence-electron chi connectivity index (χ1n) is 9.64. The molecule has 0 bridgehead atoms. The van der Waals surface area contributed by atoms with Crippen LogP contribution in [0, 0.1) is 6.92 Å². The average molecular weight is 389 g/mol. The van der Waals surface area contributed by atoms with Crippen LogP contribution in [-0.4, -0.2) is 39.5 Å². The normalized spacial score (nSPS) is 13.5. The Morgan fingerprint density at radius 1 is 1.07 bits per heavy atom. The quantitative estimate of drug-likeness (QED) is 0.738. The summed E-state index contributed by atoms with van der Waals surface area (Å²) in [6.45, 7) is 3.00. The lowest BCUT2D eigenvalue weighted by molar-refractivity contribution is 0.0746. The predicted octanol–water partition coefficient (Wildman–Crippen LogP) is 3.75. The van der Waals surface area contributed by atoms with E-state index in [0.29, 0.717) is 24.5 Å². The Hall–Kier alpha value is -3.41. The van der Waals surface area contributed by atoms with Gasteiger partial charge in [0, 0.05) is 35.5 Å². The van der Waals surface area contributed by atoms with Crippen molar-refractivity contribution in [2.24, 2.45) is 0 Å². The maximum atomic E-state index is 13.1. The van der Waals surface area contributed by atoms with Crippen molar-refractivity contribution in [3.8, 4) is 22.8 Å². The number of hydrogen-bond acceptors (Lipinski definition) is 5. The van der Waals surface area contributed by atoms with E-state index in [1.165, 1.54) is 0 Å². The van der Waals surface area contributed by atoms with E-state index in [9.17, 15) is 9.90 Å². The number of aromatic hydroxyl groups is 1. The Bertz CT molecular complexity index is 1030. The molecule has 0 radical (unpaired) electrons. The van der Waals surface area contributed by atoms with Crippen LogP contribution in [0.2, 0.25) is 0 Å². The minimum atomic E-state index is -0.0160. The Balaban J connectivity index is 1.70. The Kier molecular flexibility index (Phi) is 5.16. The molecule has 1 aromatic heterocycles. The first kappa shape index (κ1) is 18.9. The molecule has 0 spiro atoms. The van der Waals surface area contributed by atoms with Crippen molar-refractivity contribution >= 4 is 5.91 Å². The van der Waals surface area contributed by atoms with Crippen LogP contribution in [0.25, 0.3) is 11.3 Å². The maximum absolute atomic E-state index is 13.1. The van der Waals surface area contributed by atoms with E-state index in [0.717, 1.165) is 41.1 Å². The van der Waals surface area contributed by atoms with E-state index < -0.39 is 0 Å². The second kappa shape index (κ2) is 7.91. The Morgan fingerprint density at radius 2 is 1.79 bits per heavy atom. The number of amides is 1. The number of nitrogens with zero attached hydrogens (tertiary/aromatic N) is 3. The number of carbonyl (C=O) groups is 1. The highest BCUT2D eigenvalue weighted by atomic mass is 16.5. The predicted molar refractivity (Wildman–Crippen MR) is 110 cm³/mol. The molecular weight excluding hydrogens is 366 g/mol. The highest BCUT2D eigenvalue weighted by Crippen LogP contribution is 2.29. The van der Waals surface area contributed by atoms with Gasteiger partial charge in [-0.3, -0.25) is 4.79 Å². The average Bonchev–Trinajstić information content (AvgIpc) is 2.96. The number of aromatic nitrogens is 2. The summed E-state index contributed by atoms with van der Waals surface area (Å²) >= 11 is 0. The van der Waals surface area contributed by atoms with Crippen LogP contribution in [0.15, 0.2) is 48.5 Å². The molecule has 0 saturated carbocycles. The highest BCUT2D eigenvalue weighted by molar-refractivity contribution is 5.94. The summed E-state index contributed by atoms with van der Waals surface area (Å²) in [5.41, 5.74) is 4.32. The molecule has 148 valence electrons. The number of benzene rings is 2. The molecule has 2 heterocycles. The third kappa shape index (κ3) is 3.92. The summed E-state index contributed by atoms with van der Waals surface area (Å²) in [6, 6.07) is 14.2. The van der Waals surface area contributed by atoms with E-state index in [1.807, 2.05) is 24.0 Å². The summed E-state index contributed by atoms with van der Waals surface area (Å²) in [6.07, 6.45) is 1.65. The van der Waals surface area contributed by atoms with Gasteiger partial charge in [0.15, 0.2) is 0 Å². The third-order valence-corrected chi connectivity index (χ3v) is 5.16. The van der Waals surface area contributed by atoms with Gasteiger partial charge >= 0.3 is 0 Å². The molecule has 0 aliphatic carbocycles. The molecule has 0 unspecified atom stereocenters. The number of carbonyl (C=O) groups excluding carboxylic acids is 1. The van der Waals surface area contributed by atoms with Crippen LogP contribution >= 0.6 is 0 Å². The molecule has 0 fully saturated rings. The number of aryl methyl sites for hydroxylation is 2. The van der Waals surface area contributed by atoms with E-state index in [1.54, 1.807) is 43.5 Å². The van der Waals surface area contributed by atoms with Gasteiger partial charge < -0.3 is 14.7 Å². The van der Waals surface area contributed by atoms with Gasteiger partial charge in [0.25, 0.3) is 5.91 Å². The summed E-state index contributed by atoms with van der Waals surface area (Å²) in [5, 5.41) is 9.63. The van der Waals surface area contributed by atoms with E-state index >= 15 is 0 Å². The van der Waals surface area contributed by atoms with Crippen molar-refractivity contribution in [2.45, 2.75) is 26.3 Å². The second-order valence-electron chi connectivity index (χ2n) is 7.15. The first-order valence-corrected chi connectivity index (χ1v) is 9.64. The summed E-state index contributed by atoms with van der Waals surface area (Å²) < 4.78 is 5.19. The number of fused-ring (bicyclic) bond motifs is 1. The molecule has 1 aliphatic rings. The van der Waals surface area contributed by atoms with Crippen molar-refractivity contribution in [3.63, 3.8) is 0 Å². The van der Waals surface area contributed by atoms with E-state index in [4.69, 9.17) is 4.74 Å². The molecular formula is C23H23N3O3. The molecule has 2 aromatic carbocycles. The molecule has 6 nitrogen and oxygen atoms in total. The minimum absolute atomic E-state index is 0.0160. The molecule has 3 aromatic rings. The maximum Gasteiger partial charge on any atom is 0.254 e. The standard InChI is InChI=1S/C23H23N3O3/c1-15-24-21-4-3-13-26(23(28)17-7-11-19(29-2)12-8-17)14-20(21)22(25-15)16-5-9-18(27)10-6-16/h5-12,27H,3-4,13-14H2,1-2H3. The van der Waals surface area contributed by atoms with Crippen LogP contribution in [0.1, 0.15) is 33.9 Å². The molecule has 29 heavy (non-hydrogen) atoms. The van der Waals surface area contributed by atoms with Crippen LogP contribution in [0.5, 0.6) is 11.5 Å². The van der Waals surface area contributed by atoms with Crippen molar-refractivity contribution in [3.05, 3.63) is 71.2 Å². The SMILES string of the molecule is COc1ccc(C(=O)N2CCCc3nc(C)nc(-c4ccc(O)cc4)c3C2)cc1. The van der Waals surface area contributed by atoms with Gasteiger partial charge in [-0.2, -0.15) is 0 Å². The smallest absolute Gasteiger partial charge is 0.254 e. The van der Waals surface area contributed by atoms with Crippen molar-refractivity contribution < 1.29 is 14.6 Å². The lowest BCUT2D eigenvalue weighted by Crippen LogP contribution is -2.31. The van der Waals surface area contributed by atoms with E-state index in [-0.39, 0.29) is 11.7 Å². The molecule has 4 rings (SSSR count). The molecule has 0 atom stereocenters.